The van der Waals surface area contributed by atoms with Crippen LogP contribution in [0.5, 0.6) is 11.6 Å². The van der Waals surface area contributed by atoms with Crippen molar-refractivity contribution < 1.29 is 9.47 Å². The minimum atomic E-state index is 0.597. The minimum absolute atomic E-state index is 0.597. The number of hydrogen-bond acceptors (Lipinski definition) is 4. The first-order chi connectivity index (χ1) is 7.24. The van der Waals surface area contributed by atoms with Crippen molar-refractivity contribution in [1.82, 2.24) is 9.97 Å². The summed E-state index contributed by atoms with van der Waals surface area (Å²) in [5.41, 5.74) is 0.832. The molecule has 0 aliphatic rings. The molecule has 15 heavy (non-hydrogen) atoms. The van der Waals surface area contributed by atoms with Gasteiger partial charge in [0.2, 0.25) is 5.88 Å². The zero-order chi connectivity index (χ0) is 10.8. The highest BCUT2D eigenvalue weighted by atomic mass is 16.5. The van der Waals surface area contributed by atoms with Gasteiger partial charge < -0.3 is 9.47 Å². The SMILES string of the molecule is COc1ccc2c(OC)nc(C)nc2c1. The van der Waals surface area contributed by atoms with E-state index in [0.29, 0.717) is 11.7 Å². The molecular formula is C11H12N2O2. The Hall–Kier alpha value is -1.84. The van der Waals surface area contributed by atoms with E-state index in [1.807, 2.05) is 25.1 Å². The maximum Gasteiger partial charge on any atom is 0.224 e. The maximum atomic E-state index is 5.19. The standard InChI is InChI=1S/C11H12N2O2/c1-7-12-10-6-8(14-2)4-5-9(10)11(13-7)15-3/h4-6H,1-3H3. The van der Waals surface area contributed by atoms with Crippen LogP contribution < -0.4 is 9.47 Å². The lowest BCUT2D eigenvalue weighted by atomic mass is 10.2. The summed E-state index contributed by atoms with van der Waals surface area (Å²) in [5.74, 6) is 2.07. The molecule has 0 amide bonds. The van der Waals surface area contributed by atoms with Gasteiger partial charge in [-0.3, -0.25) is 0 Å². The van der Waals surface area contributed by atoms with Gasteiger partial charge in [0.25, 0.3) is 0 Å². The van der Waals surface area contributed by atoms with Gasteiger partial charge in [-0.25, -0.2) is 4.98 Å². The average molecular weight is 204 g/mol. The van der Waals surface area contributed by atoms with Crippen molar-refractivity contribution in [2.75, 3.05) is 14.2 Å². The van der Waals surface area contributed by atoms with Gasteiger partial charge in [-0.2, -0.15) is 4.98 Å². The second kappa shape index (κ2) is 3.73. The van der Waals surface area contributed by atoms with Crippen LogP contribution in [0.25, 0.3) is 10.9 Å². The van der Waals surface area contributed by atoms with Gasteiger partial charge >= 0.3 is 0 Å². The van der Waals surface area contributed by atoms with Crippen molar-refractivity contribution in [1.29, 1.82) is 0 Å². The third-order valence-electron chi connectivity index (χ3n) is 2.17. The molecule has 0 aliphatic heterocycles. The van der Waals surface area contributed by atoms with Crippen LogP contribution in [0.15, 0.2) is 18.2 Å². The molecule has 0 radical (unpaired) electrons. The van der Waals surface area contributed by atoms with E-state index in [2.05, 4.69) is 9.97 Å². The molecule has 0 N–H and O–H groups in total. The van der Waals surface area contributed by atoms with Crippen LogP contribution in [-0.2, 0) is 0 Å². The molecule has 2 rings (SSSR count). The van der Waals surface area contributed by atoms with Gasteiger partial charge in [-0.05, 0) is 19.1 Å². The van der Waals surface area contributed by atoms with Crippen LogP contribution in [0.1, 0.15) is 5.82 Å². The van der Waals surface area contributed by atoms with Crippen molar-refractivity contribution in [2.24, 2.45) is 0 Å². The van der Waals surface area contributed by atoms with E-state index in [0.717, 1.165) is 16.7 Å². The molecule has 0 atom stereocenters. The van der Waals surface area contributed by atoms with Crippen LogP contribution >= 0.6 is 0 Å². The Kier molecular flexibility index (Phi) is 2.41. The Balaban J connectivity index is 2.72. The van der Waals surface area contributed by atoms with Crippen molar-refractivity contribution in [3.8, 4) is 11.6 Å². The number of benzene rings is 1. The summed E-state index contributed by atoms with van der Waals surface area (Å²) in [4.78, 5) is 8.52. The zero-order valence-electron chi connectivity index (χ0n) is 8.94. The third-order valence-corrected chi connectivity index (χ3v) is 2.17. The summed E-state index contributed by atoms with van der Waals surface area (Å²) < 4.78 is 10.3. The molecule has 1 heterocycles. The molecule has 1 aromatic heterocycles. The van der Waals surface area contributed by atoms with Crippen molar-refractivity contribution in [3.63, 3.8) is 0 Å². The topological polar surface area (TPSA) is 44.2 Å². The summed E-state index contributed by atoms with van der Waals surface area (Å²) in [6.07, 6.45) is 0. The lowest BCUT2D eigenvalue weighted by molar-refractivity contribution is 0.401. The summed E-state index contributed by atoms with van der Waals surface area (Å²) in [6, 6.07) is 5.63. The molecule has 4 nitrogen and oxygen atoms in total. The normalized spacial score (nSPS) is 10.3. The van der Waals surface area contributed by atoms with E-state index in [-0.39, 0.29) is 0 Å². The van der Waals surface area contributed by atoms with Crippen LogP contribution in [0, 0.1) is 6.92 Å². The second-order valence-corrected chi connectivity index (χ2v) is 3.16. The molecule has 78 valence electrons. The zero-order valence-corrected chi connectivity index (χ0v) is 8.94. The lowest BCUT2D eigenvalue weighted by Gasteiger charge is -2.06. The van der Waals surface area contributed by atoms with Crippen LogP contribution in [0.4, 0.5) is 0 Å². The van der Waals surface area contributed by atoms with Crippen LogP contribution in [0.3, 0.4) is 0 Å². The highest BCUT2D eigenvalue weighted by molar-refractivity contribution is 5.84. The highest BCUT2D eigenvalue weighted by Gasteiger charge is 2.06. The predicted octanol–water partition coefficient (Wildman–Crippen LogP) is 1.96. The van der Waals surface area contributed by atoms with Crippen molar-refractivity contribution in [3.05, 3.63) is 24.0 Å². The Labute approximate surface area is 87.9 Å². The van der Waals surface area contributed by atoms with Crippen LogP contribution in [0.2, 0.25) is 0 Å². The first kappa shape index (κ1) is 9.71. The fraction of sp³-hybridized carbons (Fsp3) is 0.273. The number of aryl methyl sites for hydroxylation is 1. The molecule has 2 aromatic rings. The van der Waals surface area contributed by atoms with E-state index in [9.17, 15) is 0 Å². The van der Waals surface area contributed by atoms with E-state index in [1.54, 1.807) is 14.2 Å². The second-order valence-electron chi connectivity index (χ2n) is 3.16. The van der Waals surface area contributed by atoms with Gasteiger partial charge in [-0.15, -0.1) is 0 Å². The molecular weight excluding hydrogens is 192 g/mol. The lowest BCUT2D eigenvalue weighted by Crippen LogP contribution is -1.95. The molecule has 0 fully saturated rings. The number of nitrogens with zero attached hydrogens (tertiary/aromatic N) is 2. The van der Waals surface area contributed by atoms with E-state index in [1.165, 1.54) is 0 Å². The number of fused-ring (bicyclic) bond motifs is 1. The number of aromatic nitrogens is 2. The average Bonchev–Trinajstić information content (AvgIpc) is 2.26. The van der Waals surface area contributed by atoms with Crippen LogP contribution in [-0.4, -0.2) is 24.2 Å². The monoisotopic (exact) mass is 204 g/mol. The first-order valence-corrected chi connectivity index (χ1v) is 4.61. The first-order valence-electron chi connectivity index (χ1n) is 4.61. The summed E-state index contributed by atoms with van der Waals surface area (Å²) >= 11 is 0. The number of rotatable bonds is 2. The van der Waals surface area contributed by atoms with Gasteiger partial charge in [0, 0.05) is 6.07 Å². The Morgan fingerprint density at radius 3 is 2.53 bits per heavy atom. The summed E-state index contributed by atoms with van der Waals surface area (Å²) in [5, 5.41) is 0.893. The third kappa shape index (κ3) is 1.70. The quantitative estimate of drug-likeness (QED) is 0.750. The van der Waals surface area contributed by atoms with E-state index >= 15 is 0 Å². The Morgan fingerprint density at radius 2 is 1.87 bits per heavy atom. The molecule has 0 saturated carbocycles. The molecule has 0 aliphatic carbocycles. The largest absolute Gasteiger partial charge is 0.497 e. The fourth-order valence-electron chi connectivity index (χ4n) is 1.47. The molecule has 1 aromatic carbocycles. The number of ether oxygens (including phenoxy) is 2. The highest BCUT2D eigenvalue weighted by Crippen LogP contribution is 2.25. The number of hydrogen-bond donors (Lipinski definition) is 0. The molecule has 0 unspecified atom stereocenters. The minimum Gasteiger partial charge on any atom is -0.497 e. The van der Waals surface area contributed by atoms with Gasteiger partial charge in [0.05, 0.1) is 25.1 Å². The van der Waals surface area contributed by atoms with Crippen molar-refractivity contribution in [2.45, 2.75) is 6.92 Å². The van der Waals surface area contributed by atoms with E-state index in [4.69, 9.17) is 9.47 Å². The Bertz CT molecular complexity index is 497. The number of methoxy groups -OCH3 is 2. The van der Waals surface area contributed by atoms with Gasteiger partial charge in [0.1, 0.15) is 11.6 Å². The molecule has 0 saturated heterocycles. The summed E-state index contributed by atoms with van der Waals surface area (Å²) in [7, 11) is 3.23. The molecule has 4 heteroatoms. The van der Waals surface area contributed by atoms with Gasteiger partial charge in [0.15, 0.2) is 0 Å². The van der Waals surface area contributed by atoms with E-state index < -0.39 is 0 Å². The molecule has 0 spiro atoms. The fourth-order valence-corrected chi connectivity index (χ4v) is 1.47. The van der Waals surface area contributed by atoms with Gasteiger partial charge in [-0.1, -0.05) is 0 Å². The Morgan fingerprint density at radius 1 is 1.07 bits per heavy atom. The summed E-state index contributed by atoms with van der Waals surface area (Å²) in [6.45, 7) is 1.83. The maximum absolute atomic E-state index is 5.19. The predicted molar refractivity (Wildman–Crippen MR) is 57.4 cm³/mol. The van der Waals surface area contributed by atoms with Crippen molar-refractivity contribution >= 4 is 10.9 Å². The smallest absolute Gasteiger partial charge is 0.224 e. The molecule has 0 bridgehead atoms.